The van der Waals surface area contributed by atoms with Gasteiger partial charge in [-0.1, -0.05) is 30.3 Å². The Morgan fingerprint density at radius 1 is 1.16 bits per heavy atom. The summed E-state index contributed by atoms with van der Waals surface area (Å²) in [6.45, 7) is 1.71. The molecule has 4 N–H and O–H groups in total. The van der Waals surface area contributed by atoms with E-state index in [1.54, 1.807) is 6.92 Å². The van der Waals surface area contributed by atoms with Gasteiger partial charge >= 0.3 is 0 Å². The maximum Gasteiger partial charge on any atom is 0.254 e. The van der Waals surface area contributed by atoms with Crippen LogP contribution in [0.4, 0.5) is 5.82 Å². The second kappa shape index (κ2) is 5.48. The standard InChI is InChI=1S/C14H16N4O/c1-9-12(14(16)19)13(15)18-11(17-9)8-7-10-5-3-2-4-6-10/h2-6H,7-8H2,1H3,(H2,16,19)(H2,15,17,18). The van der Waals surface area contributed by atoms with E-state index in [1.165, 1.54) is 5.56 Å². The van der Waals surface area contributed by atoms with Crippen LogP contribution in [0, 0.1) is 6.92 Å². The zero-order chi connectivity index (χ0) is 13.8. The number of carbonyl (C=O) groups is 1. The van der Waals surface area contributed by atoms with Gasteiger partial charge in [0.15, 0.2) is 0 Å². The van der Waals surface area contributed by atoms with E-state index in [0.717, 1.165) is 6.42 Å². The lowest BCUT2D eigenvalue weighted by molar-refractivity contribution is 0.1000. The molecule has 0 saturated carbocycles. The van der Waals surface area contributed by atoms with Gasteiger partial charge in [0.05, 0.1) is 5.69 Å². The molecule has 5 heteroatoms. The summed E-state index contributed by atoms with van der Waals surface area (Å²) in [7, 11) is 0. The van der Waals surface area contributed by atoms with E-state index in [2.05, 4.69) is 9.97 Å². The molecule has 98 valence electrons. The van der Waals surface area contributed by atoms with Gasteiger partial charge in [0.1, 0.15) is 17.2 Å². The van der Waals surface area contributed by atoms with Crippen LogP contribution in [0.2, 0.25) is 0 Å². The number of nitrogens with zero attached hydrogens (tertiary/aromatic N) is 2. The SMILES string of the molecule is Cc1nc(CCc2ccccc2)nc(N)c1C(N)=O. The van der Waals surface area contributed by atoms with Crippen LogP contribution >= 0.6 is 0 Å². The van der Waals surface area contributed by atoms with Crippen molar-refractivity contribution in [1.82, 2.24) is 9.97 Å². The van der Waals surface area contributed by atoms with Crippen molar-refractivity contribution in [2.24, 2.45) is 5.73 Å². The van der Waals surface area contributed by atoms with Gasteiger partial charge in [0.2, 0.25) is 0 Å². The van der Waals surface area contributed by atoms with Crippen molar-refractivity contribution in [3.8, 4) is 0 Å². The molecule has 0 aliphatic carbocycles. The average Bonchev–Trinajstić information content (AvgIpc) is 2.36. The van der Waals surface area contributed by atoms with Gasteiger partial charge in [-0.25, -0.2) is 9.97 Å². The van der Waals surface area contributed by atoms with Crippen molar-refractivity contribution in [2.45, 2.75) is 19.8 Å². The molecule has 0 fully saturated rings. The molecule has 0 spiro atoms. The van der Waals surface area contributed by atoms with Gasteiger partial charge in [-0.2, -0.15) is 0 Å². The molecule has 0 radical (unpaired) electrons. The fraction of sp³-hybridized carbons (Fsp3) is 0.214. The smallest absolute Gasteiger partial charge is 0.254 e. The topological polar surface area (TPSA) is 94.9 Å². The molecular formula is C14H16N4O. The molecule has 5 nitrogen and oxygen atoms in total. The maximum atomic E-state index is 11.2. The third-order valence-electron chi connectivity index (χ3n) is 2.89. The number of aryl methyl sites for hydroxylation is 3. The van der Waals surface area contributed by atoms with Crippen molar-refractivity contribution < 1.29 is 4.79 Å². The summed E-state index contributed by atoms with van der Waals surface area (Å²) < 4.78 is 0. The van der Waals surface area contributed by atoms with E-state index in [-0.39, 0.29) is 11.4 Å². The molecule has 0 atom stereocenters. The van der Waals surface area contributed by atoms with Crippen molar-refractivity contribution in [3.63, 3.8) is 0 Å². The number of rotatable bonds is 4. The minimum Gasteiger partial charge on any atom is -0.383 e. The highest BCUT2D eigenvalue weighted by Crippen LogP contribution is 2.13. The van der Waals surface area contributed by atoms with Crippen LogP contribution in [0.15, 0.2) is 30.3 Å². The largest absolute Gasteiger partial charge is 0.383 e. The monoisotopic (exact) mass is 256 g/mol. The molecule has 0 bridgehead atoms. The Balaban J connectivity index is 2.16. The predicted octanol–water partition coefficient (Wildman–Crippen LogP) is 1.25. The summed E-state index contributed by atoms with van der Waals surface area (Å²) in [5.41, 5.74) is 12.9. The Bertz CT molecular complexity index is 573. The minimum atomic E-state index is -0.593. The molecule has 1 aromatic heterocycles. The fourth-order valence-corrected chi connectivity index (χ4v) is 1.97. The van der Waals surface area contributed by atoms with Crippen LogP contribution in [0.5, 0.6) is 0 Å². The Hall–Kier alpha value is -2.43. The van der Waals surface area contributed by atoms with E-state index in [4.69, 9.17) is 11.5 Å². The van der Waals surface area contributed by atoms with E-state index in [9.17, 15) is 4.79 Å². The Morgan fingerprint density at radius 3 is 2.42 bits per heavy atom. The Labute approximate surface area is 111 Å². The number of benzene rings is 1. The van der Waals surface area contributed by atoms with E-state index in [1.807, 2.05) is 30.3 Å². The van der Waals surface area contributed by atoms with Crippen LogP contribution in [-0.4, -0.2) is 15.9 Å². The van der Waals surface area contributed by atoms with Gasteiger partial charge in [0.25, 0.3) is 5.91 Å². The van der Waals surface area contributed by atoms with Crippen molar-refractivity contribution in [3.05, 3.63) is 53.0 Å². The molecule has 19 heavy (non-hydrogen) atoms. The van der Waals surface area contributed by atoms with Crippen LogP contribution in [0.1, 0.15) is 27.4 Å². The molecule has 0 aliphatic heterocycles. The molecule has 1 heterocycles. The molecule has 2 rings (SSSR count). The zero-order valence-corrected chi connectivity index (χ0v) is 10.8. The van der Waals surface area contributed by atoms with Crippen molar-refractivity contribution in [1.29, 1.82) is 0 Å². The molecule has 1 aromatic carbocycles. The van der Waals surface area contributed by atoms with Crippen LogP contribution in [0.25, 0.3) is 0 Å². The summed E-state index contributed by atoms with van der Waals surface area (Å²) in [5, 5.41) is 0. The summed E-state index contributed by atoms with van der Waals surface area (Å²) in [4.78, 5) is 19.6. The quantitative estimate of drug-likeness (QED) is 0.860. The van der Waals surface area contributed by atoms with Gasteiger partial charge in [-0.15, -0.1) is 0 Å². The van der Waals surface area contributed by atoms with E-state index < -0.39 is 5.91 Å². The number of nitrogens with two attached hydrogens (primary N) is 2. The van der Waals surface area contributed by atoms with Gasteiger partial charge in [0, 0.05) is 6.42 Å². The minimum absolute atomic E-state index is 0.156. The first-order valence-corrected chi connectivity index (χ1v) is 6.04. The van der Waals surface area contributed by atoms with Gasteiger partial charge in [-0.05, 0) is 18.9 Å². The number of hydrogen-bond donors (Lipinski definition) is 2. The van der Waals surface area contributed by atoms with Gasteiger partial charge in [-0.3, -0.25) is 4.79 Å². The third-order valence-corrected chi connectivity index (χ3v) is 2.89. The second-order valence-corrected chi connectivity index (χ2v) is 4.34. The number of nitrogen functional groups attached to an aromatic ring is 1. The molecule has 0 unspecified atom stereocenters. The summed E-state index contributed by atoms with van der Waals surface area (Å²) in [6.07, 6.45) is 1.50. The number of aromatic nitrogens is 2. The first-order valence-electron chi connectivity index (χ1n) is 6.04. The lowest BCUT2D eigenvalue weighted by Crippen LogP contribution is -2.18. The van der Waals surface area contributed by atoms with Crippen molar-refractivity contribution >= 4 is 11.7 Å². The number of carbonyl (C=O) groups excluding carboxylic acids is 1. The molecule has 0 saturated heterocycles. The van der Waals surface area contributed by atoms with Crippen molar-refractivity contribution in [2.75, 3.05) is 5.73 Å². The molecule has 1 amide bonds. The highest BCUT2D eigenvalue weighted by Gasteiger charge is 2.13. The Kier molecular flexibility index (Phi) is 3.75. The van der Waals surface area contributed by atoms with Crippen LogP contribution in [0.3, 0.4) is 0 Å². The highest BCUT2D eigenvalue weighted by atomic mass is 16.1. The molecule has 0 aliphatic rings. The molecule has 2 aromatic rings. The predicted molar refractivity (Wildman–Crippen MR) is 73.5 cm³/mol. The van der Waals surface area contributed by atoms with Gasteiger partial charge < -0.3 is 11.5 Å². The van der Waals surface area contributed by atoms with Crippen LogP contribution in [-0.2, 0) is 12.8 Å². The second-order valence-electron chi connectivity index (χ2n) is 4.34. The average molecular weight is 256 g/mol. The summed E-state index contributed by atoms with van der Waals surface area (Å²) in [5.74, 6) is 0.191. The number of amides is 1. The summed E-state index contributed by atoms with van der Waals surface area (Å²) >= 11 is 0. The van der Waals surface area contributed by atoms with E-state index in [0.29, 0.717) is 17.9 Å². The lowest BCUT2D eigenvalue weighted by atomic mass is 10.1. The molecular weight excluding hydrogens is 240 g/mol. The Morgan fingerprint density at radius 2 is 1.84 bits per heavy atom. The number of primary amides is 1. The van der Waals surface area contributed by atoms with Crippen LogP contribution < -0.4 is 11.5 Å². The third kappa shape index (κ3) is 3.07. The fourth-order valence-electron chi connectivity index (χ4n) is 1.97. The number of hydrogen-bond acceptors (Lipinski definition) is 4. The first kappa shape index (κ1) is 13.0. The zero-order valence-electron chi connectivity index (χ0n) is 10.8. The first-order chi connectivity index (χ1) is 9.08. The summed E-state index contributed by atoms with van der Waals surface area (Å²) in [6, 6.07) is 10.1. The maximum absolute atomic E-state index is 11.2. The highest BCUT2D eigenvalue weighted by molar-refractivity contribution is 5.98. The van der Waals surface area contributed by atoms with E-state index >= 15 is 0 Å². The normalized spacial score (nSPS) is 10.4. The lowest BCUT2D eigenvalue weighted by Gasteiger charge is -2.07. The number of anilines is 1.